The van der Waals surface area contributed by atoms with Gasteiger partial charge in [0.1, 0.15) is 6.04 Å². The van der Waals surface area contributed by atoms with Gasteiger partial charge in [-0.15, -0.1) is 0 Å². The SMILES string of the molecule is CCCC(NC(=O)c1ccc2c(c1)NCC2)C(=O)O. The number of amides is 1. The maximum absolute atomic E-state index is 12.0. The number of fused-ring (bicyclic) bond motifs is 1. The summed E-state index contributed by atoms with van der Waals surface area (Å²) in [5.41, 5.74) is 2.66. The van der Waals surface area contributed by atoms with Crippen molar-refractivity contribution in [1.82, 2.24) is 5.32 Å². The first-order valence-electron chi connectivity index (χ1n) is 6.52. The van der Waals surface area contributed by atoms with Crippen molar-refractivity contribution in [3.8, 4) is 0 Å². The Balaban J connectivity index is 2.09. The first-order valence-corrected chi connectivity index (χ1v) is 6.52. The van der Waals surface area contributed by atoms with Crippen molar-refractivity contribution in [2.75, 3.05) is 11.9 Å². The summed E-state index contributed by atoms with van der Waals surface area (Å²) in [6, 6.07) is 4.62. The summed E-state index contributed by atoms with van der Waals surface area (Å²) in [5.74, 6) is -1.33. The minimum atomic E-state index is -0.991. The molecule has 5 heteroatoms. The number of aliphatic carboxylic acids is 1. The highest BCUT2D eigenvalue weighted by molar-refractivity contribution is 5.97. The van der Waals surface area contributed by atoms with Crippen molar-refractivity contribution in [1.29, 1.82) is 0 Å². The second-order valence-corrected chi connectivity index (χ2v) is 4.70. The molecule has 0 aromatic heterocycles. The molecule has 19 heavy (non-hydrogen) atoms. The third-order valence-corrected chi connectivity index (χ3v) is 3.26. The second kappa shape index (κ2) is 5.73. The smallest absolute Gasteiger partial charge is 0.326 e. The molecule has 0 fully saturated rings. The van der Waals surface area contributed by atoms with E-state index in [1.165, 1.54) is 5.56 Å². The van der Waals surface area contributed by atoms with Crippen LogP contribution in [0.4, 0.5) is 5.69 Å². The molecule has 2 rings (SSSR count). The zero-order chi connectivity index (χ0) is 13.8. The van der Waals surface area contributed by atoms with Crippen LogP contribution in [0, 0.1) is 0 Å². The Bertz CT molecular complexity index is 499. The lowest BCUT2D eigenvalue weighted by Gasteiger charge is -2.14. The van der Waals surface area contributed by atoms with Crippen molar-refractivity contribution >= 4 is 17.6 Å². The van der Waals surface area contributed by atoms with Gasteiger partial charge in [-0.3, -0.25) is 4.79 Å². The molecule has 102 valence electrons. The number of benzene rings is 1. The number of nitrogens with one attached hydrogen (secondary N) is 2. The molecular formula is C14H18N2O3. The molecular weight excluding hydrogens is 244 g/mol. The summed E-state index contributed by atoms with van der Waals surface area (Å²) in [6.07, 6.45) is 2.11. The van der Waals surface area contributed by atoms with E-state index < -0.39 is 12.0 Å². The summed E-state index contributed by atoms with van der Waals surface area (Å²) in [5, 5.41) is 14.8. The third kappa shape index (κ3) is 3.05. The fourth-order valence-corrected chi connectivity index (χ4v) is 2.22. The van der Waals surface area contributed by atoms with Gasteiger partial charge >= 0.3 is 5.97 Å². The predicted molar refractivity (Wildman–Crippen MR) is 72.4 cm³/mol. The first kappa shape index (κ1) is 13.4. The van der Waals surface area contributed by atoms with Crippen LogP contribution in [0.1, 0.15) is 35.7 Å². The lowest BCUT2D eigenvalue weighted by molar-refractivity contribution is -0.139. The summed E-state index contributed by atoms with van der Waals surface area (Å²) in [7, 11) is 0. The van der Waals surface area contributed by atoms with Crippen LogP contribution in [0.15, 0.2) is 18.2 Å². The zero-order valence-corrected chi connectivity index (χ0v) is 10.9. The predicted octanol–water partition coefficient (Wildman–Crippen LogP) is 1.64. The standard InChI is InChI=1S/C14H18N2O3/c1-2-3-11(14(18)19)16-13(17)10-5-4-9-6-7-15-12(9)8-10/h4-5,8,11,15H,2-3,6-7H2,1H3,(H,16,17)(H,18,19). The molecule has 0 saturated carbocycles. The molecule has 0 spiro atoms. The van der Waals surface area contributed by atoms with E-state index >= 15 is 0 Å². The van der Waals surface area contributed by atoms with Crippen LogP contribution in [0.3, 0.4) is 0 Å². The molecule has 1 aromatic carbocycles. The van der Waals surface area contributed by atoms with Gasteiger partial charge in [0.2, 0.25) is 0 Å². The Labute approximate surface area is 112 Å². The van der Waals surface area contributed by atoms with E-state index in [1.807, 2.05) is 13.0 Å². The first-order chi connectivity index (χ1) is 9.11. The molecule has 0 bridgehead atoms. The van der Waals surface area contributed by atoms with Crippen LogP contribution in [-0.4, -0.2) is 29.6 Å². The van der Waals surface area contributed by atoms with Gasteiger partial charge in [0, 0.05) is 17.8 Å². The van der Waals surface area contributed by atoms with Gasteiger partial charge in [-0.2, -0.15) is 0 Å². The van der Waals surface area contributed by atoms with E-state index in [-0.39, 0.29) is 5.91 Å². The lowest BCUT2D eigenvalue weighted by atomic mass is 10.1. The number of carboxylic acid groups (broad SMARTS) is 1. The topological polar surface area (TPSA) is 78.4 Å². The Hall–Kier alpha value is -2.04. The second-order valence-electron chi connectivity index (χ2n) is 4.70. The summed E-state index contributed by atoms with van der Waals surface area (Å²) >= 11 is 0. The molecule has 1 unspecified atom stereocenters. The maximum Gasteiger partial charge on any atom is 0.326 e. The van der Waals surface area contributed by atoms with Crippen LogP contribution in [0.25, 0.3) is 0 Å². The average molecular weight is 262 g/mol. The Morgan fingerprint density at radius 1 is 1.47 bits per heavy atom. The molecule has 1 aliphatic heterocycles. The summed E-state index contributed by atoms with van der Waals surface area (Å²) in [4.78, 5) is 23.0. The van der Waals surface area contributed by atoms with Crippen molar-refractivity contribution < 1.29 is 14.7 Å². The molecule has 1 aliphatic rings. The Kier molecular flexibility index (Phi) is 4.04. The zero-order valence-electron chi connectivity index (χ0n) is 10.9. The quantitative estimate of drug-likeness (QED) is 0.753. The summed E-state index contributed by atoms with van der Waals surface area (Å²) in [6.45, 7) is 2.77. The van der Waals surface area contributed by atoms with Gasteiger partial charge in [0.15, 0.2) is 0 Å². The normalized spacial score (nSPS) is 14.4. The molecule has 0 saturated heterocycles. The van der Waals surface area contributed by atoms with Crippen LogP contribution < -0.4 is 10.6 Å². The highest BCUT2D eigenvalue weighted by atomic mass is 16.4. The van der Waals surface area contributed by atoms with Gasteiger partial charge in [0.25, 0.3) is 5.91 Å². The number of carbonyl (C=O) groups excluding carboxylic acids is 1. The fourth-order valence-electron chi connectivity index (χ4n) is 2.22. The highest BCUT2D eigenvalue weighted by Gasteiger charge is 2.20. The Morgan fingerprint density at radius 3 is 2.95 bits per heavy atom. The van der Waals surface area contributed by atoms with E-state index in [4.69, 9.17) is 5.11 Å². The number of carbonyl (C=O) groups is 2. The summed E-state index contributed by atoms with van der Waals surface area (Å²) < 4.78 is 0. The number of hydrogen-bond acceptors (Lipinski definition) is 3. The van der Waals surface area contributed by atoms with Crippen molar-refractivity contribution in [2.24, 2.45) is 0 Å². The number of hydrogen-bond donors (Lipinski definition) is 3. The minimum absolute atomic E-state index is 0.336. The van der Waals surface area contributed by atoms with Crippen LogP contribution in [0.2, 0.25) is 0 Å². The van der Waals surface area contributed by atoms with E-state index in [2.05, 4.69) is 10.6 Å². The molecule has 1 aromatic rings. The number of carboxylic acids is 1. The lowest BCUT2D eigenvalue weighted by Crippen LogP contribution is -2.40. The average Bonchev–Trinajstić information content (AvgIpc) is 2.85. The van der Waals surface area contributed by atoms with Crippen LogP contribution in [0.5, 0.6) is 0 Å². The van der Waals surface area contributed by atoms with E-state index in [0.29, 0.717) is 18.4 Å². The van der Waals surface area contributed by atoms with Gasteiger partial charge in [-0.1, -0.05) is 19.4 Å². The molecule has 0 radical (unpaired) electrons. The van der Waals surface area contributed by atoms with Gasteiger partial charge < -0.3 is 15.7 Å². The van der Waals surface area contributed by atoms with Crippen LogP contribution in [-0.2, 0) is 11.2 Å². The molecule has 0 aliphatic carbocycles. The van der Waals surface area contributed by atoms with Gasteiger partial charge in [-0.25, -0.2) is 4.79 Å². The van der Waals surface area contributed by atoms with E-state index in [1.54, 1.807) is 12.1 Å². The van der Waals surface area contributed by atoms with Crippen LogP contribution >= 0.6 is 0 Å². The molecule has 1 atom stereocenters. The van der Waals surface area contributed by atoms with Gasteiger partial charge in [-0.05, 0) is 30.5 Å². The molecule has 3 N–H and O–H groups in total. The number of anilines is 1. The van der Waals surface area contributed by atoms with Crippen molar-refractivity contribution in [3.63, 3.8) is 0 Å². The van der Waals surface area contributed by atoms with E-state index in [0.717, 1.165) is 18.7 Å². The van der Waals surface area contributed by atoms with Crippen molar-refractivity contribution in [3.05, 3.63) is 29.3 Å². The van der Waals surface area contributed by atoms with E-state index in [9.17, 15) is 9.59 Å². The Morgan fingerprint density at radius 2 is 2.26 bits per heavy atom. The molecule has 5 nitrogen and oxygen atoms in total. The third-order valence-electron chi connectivity index (χ3n) is 3.26. The molecule has 1 amide bonds. The largest absolute Gasteiger partial charge is 0.480 e. The minimum Gasteiger partial charge on any atom is -0.480 e. The molecule has 1 heterocycles. The maximum atomic E-state index is 12.0. The fraction of sp³-hybridized carbons (Fsp3) is 0.429. The van der Waals surface area contributed by atoms with Crippen molar-refractivity contribution in [2.45, 2.75) is 32.2 Å². The van der Waals surface area contributed by atoms with Gasteiger partial charge in [0.05, 0.1) is 0 Å². The number of rotatable bonds is 5. The monoisotopic (exact) mass is 262 g/mol. The highest BCUT2D eigenvalue weighted by Crippen LogP contribution is 2.23.